The number of carbonyl (C=O) groups is 3. The second-order valence-electron chi connectivity index (χ2n) is 9.39. The van der Waals surface area contributed by atoms with E-state index >= 15 is 0 Å². The highest BCUT2D eigenvalue weighted by Gasteiger charge is 2.24. The van der Waals surface area contributed by atoms with Gasteiger partial charge in [0, 0.05) is 23.4 Å². The molecule has 0 aliphatic rings. The summed E-state index contributed by atoms with van der Waals surface area (Å²) in [7, 11) is 0. The lowest BCUT2D eigenvalue weighted by Crippen LogP contribution is -2.27. The van der Waals surface area contributed by atoms with E-state index in [0.717, 1.165) is 16.3 Å². The number of hydrogen-bond donors (Lipinski definition) is 2. The van der Waals surface area contributed by atoms with Crippen LogP contribution in [0.25, 0.3) is 27.5 Å². The van der Waals surface area contributed by atoms with Crippen LogP contribution < -0.4 is 5.32 Å². The molecule has 0 saturated heterocycles. The van der Waals surface area contributed by atoms with Crippen LogP contribution in [0.3, 0.4) is 0 Å². The number of carbonyl (C=O) groups excluding carboxylic acids is 2. The fourth-order valence-electron chi connectivity index (χ4n) is 4.72. The fraction of sp³-hybridized carbons (Fsp3) is 0.0645. The summed E-state index contributed by atoms with van der Waals surface area (Å²) < 4.78 is 6.49. The molecule has 6 rings (SSSR count). The minimum atomic E-state index is -1.03. The van der Waals surface area contributed by atoms with Gasteiger partial charge in [0.15, 0.2) is 5.78 Å². The molecule has 0 spiro atoms. The number of carboxylic acids is 1. The molecule has 0 radical (unpaired) electrons. The number of nitrogens with zero attached hydrogens (tertiary/aromatic N) is 3. The van der Waals surface area contributed by atoms with Gasteiger partial charge in [-0.05, 0) is 47.5 Å². The average molecular weight is 531 g/mol. The molecule has 0 aliphatic carbocycles. The van der Waals surface area contributed by atoms with Crippen LogP contribution in [0.5, 0.6) is 0 Å². The Hall–Kier alpha value is -5.57. The normalized spacial score (nSPS) is 11.9. The Labute approximate surface area is 227 Å². The van der Waals surface area contributed by atoms with Gasteiger partial charge in [-0.1, -0.05) is 53.7 Å². The zero-order valence-corrected chi connectivity index (χ0v) is 21.2. The lowest BCUT2D eigenvalue weighted by molar-refractivity contribution is 0.0696. The predicted octanol–water partition coefficient (Wildman–Crippen LogP) is 5.56. The maximum Gasteiger partial charge on any atom is 0.335 e. The smallest absolute Gasteiger partial charge is 0.335 e. The van der Waals surface area contributed by atoms with Crippen molar-refractivity contribution in [3.8, 4) is 11.3 Å². The zero-order valence-electron chi connectivity index (χ0n) is 21.2. The lowest BCUT2D eigenvalue weighted by Gasteiger charge is -2.16. The van der Waals surface area contributed by atoms with Crippen molar-refractivity contribution >= 4 is 33.9 Å². The molecule has 2 N–H and O–H groups in total. The quantitative estimate of drug-likeness (QED) is 0.259. The van der Waals surface area contributed by atoms with Crippen LogP contribution in [-0.4, -0.2) is 37.5 Å². The van der Waals surface area contributed by atoms with E-state index in [-0.39, 0.29) is 22.5 Å². The van der Waals surface area contributed by atoms with Crippen molar-refractivity contribution in [1.29, 1.82) is 0 Å². The van der Waals surface area contributed by atoms with Crippen LogP contribution in [0.2, 0.25) is 0 Å². The first-order valence-electron chi connectivity index (χ1n) is 12.5. The van der Waals surface area contributed by atoms with Crippen LogP contribution in [-0.2, 0) is 0 Å². The van der Waals surface area contributed by atoms with Crippen molar-refractivity contribution in [2.45, 2.75) is 13.0 Å². The summed E-state index contributed by atoms with van der Waals surface area (Å²) in [5.74, 6) is -1.72. The summed E-state index contributed by atoms with van der Waals surface area (Å²) >= 11 is 0. The first-order valence-corrected chi connectivity index (χ1v) is 12.5. The van der Waals surface area contributed by atoms with Gasteiger partial charge in [0.2, 0.25) is 0 Å². The Morgan fingerprint density at radius 3 is 2.38 bits per heavy atom. The van der Waals surface area contributed by atoms with Gasteiger partial charge in [0.25, 0.3) is 5.91 Å². The van der Waals surface area contributed by atoms with Gasteiger partial charge in [-0.2, -0.15) is 5.10 Å². The molecule has 3 aromatic heterocycles. The van der Waals surface area contributed by atoms with Crippen molar-refractivity contribution in [2.75, 3.05) is 0 Å². The minimum Gasteiger partial charge on any atom is -0.478 e. The van der Waals surface area contributed by atoms with E-state index < -0.39 is 17.9 Å². The first-order chi connectivity index (χ1) is 19.4. The van der Waals surface area contributed by atoms with Gasteiger partial charge in [0.1, 0.15) is 12.0 Å². The summed E-state index contributed by atoms with van der Waals surface area (Å²) in [5.41, 5.74) is 3.32. The second kappa shape index (κ2) is 9.95. The molecule has 3 heterocycles. The number of benzene rings is 3. The van der Waals surface area contributed by atoms with Crippen molar-refractivity contribution < 1.29 is 24.0 Å². The summed E-state index contributed by atoms with van der Waals surface area (Å²) in [6.07, 6.45) is 4.58. The van der Waals surface area contributed by atoms with Gasteiger partial charge >= 0.3 is 5.97 Å². The fourth-order valence-corrected chi connectivity index (χ4v) is 4.72. The van der Waals surface area contributed by atoms with Crippen LogP contribution in [0.15, 0.2) is 102 Å². The Bertz CT molecular complexity index is 1910. The van der Waals surface area contributed by atoms with Crippen LogP contribution in [0.4, 0.5) is 0 Å². The third kappa shape index (κ3) is 4.49. The molecule has 0 bridgehead atoms. The Morgan fingerprint density at radius 1 is 0.900 bits per heavy atom. The number of ketones is 1. The van der Waals surface area contributed by atoms with Gasteiger partial charge in [-0.3, -0.25) is 9.59 Å². The van der Waals surface area contributed by atoms with Crippen molar-refractivity contribution in [3.63, 3.8) is 0 Å². The molecule has 1 atom stereocenters. The summed E-state index contributed by atoms with van der Waals surface area (Å²) in [6, 6.07) is 22.4. The Morgan fingerprint density at radius 2 is 1.65 bits per heavy atom. The molecule has 0 aliphatic heterocycles. The van der Waals surface area contributed by atoms with Crippen LogP contribution in [0.1, 0.15) is 55.2 Å². The summed E-state index contributed by atoms with van der Waals surface area (Å²) in [5, 5.41) is 22.5. The highest BCUT2D eigenvalue weighted by atomic mass is 16.5. The van der Waals surface area contributed by atoms with E-state index in [0.29, 0.717) is 22.3 Å². The van der Waals surface area contributed by atoms with Crippen molar-refractivity contribution in [1.82, 2.24) is 20.1 Å². The molecule has 9 nitrogen and oxygen atoms in total. The standard InChI is InChI=1S/C31H22N4O5/c1-18(19-6-9-21(10-7-19)31(38)39)33-30(37)25-15-24(27-12-13-40-34-27)17-35-28(25)26(16-32-35)29(36)23-11-8-20-4-2-3-5-22(20)14-23/h2-18H,1H3,(H,33,37)(H,38,39)/t18-/m0/s1. The Balaban J connectivity index is 1.41. The summed E-state index contributed by atoms with van der Waals surface area (Å²) in [4.78, 5) is 38.7. The van der Waals surface area contributed by atoms with Crippen molar-refractivity contribution in [3.05, 3.63) is 125 Å². The van der Waals surface area contributed by atoms with E-state index in [9.17, 15) is 19.5 Å². The molecule has 0 unspecified atom stereocenters. The number of carboxylic acid groups (broad SMARTS) is 1. The van der Waals surface area contributed by atoms with Gasteiger partial charge in [-0.15, -0.1) is 0 Å². The molecule has 6 aromatic rings. The number of amides is 1. The number of pyridine rings is 1. The zero-order chi connectivity index (χ0) is 27.8. The van der Waals surface area contributed by atoms with E-state index in [1.165, 1.54) is 29.1 Å². The third-order valence-electron chi connectivity index (χ3n) is 6.85. The molecule has 1 amide bonds. The number of aromatic carboxylic acids is 1. The number of fused-ring (bicyclic) bond motifs is 2. The van der Waals surface area contributed by atoms with Crippen LogP contribution in [0, 0.1) is 0 Å². The highest BCUT2D eigenvalue weighted by Crippen LogP contribution is 2.27. The predicted molar refractivity (Wildman–Crippen MR) is 147 cm³/mol. The van der Waals surface area contributed by atoms with Gasteiger partial charge in [-0.25, -0.2) is 9.31 Å². The SMILES string of the molecule is C[C@H](NC(=O)c1cc(-c2ccon2)cn2ncc(C(=O)c3ccc4ccccc4c3)c12)c1ccc(C(=O)O)cc1. The maximum absolute atomic E-state index is 13.7. The van der Waals surface area contributed by atoms with Crippen LogP contribution >= 0.6 is 0 Å². The number of aromatic nitrogens is 3. The second-order valence-corrected chi connectivity index (χ2v) is 9.39. The maximum atomic E-state index is 13.7. The molecule has 0 fully saturated rings. The van der Waals surface area contributed by atoms with E-state index in [4.69, 9.17) is 4.52 Å². The van der Waals surface area contributed by atoms with Gasteiger partial charge < -0.3 is 14.9 Å². The molecule has 9 heteroatoms. The van der Waals surface area contributed by atoms with Gasteiger partial charge in [0.05, 0.1) is 34.4 Å². The molecular weight excluding hydrogens is 508 g/mol. The van der Waals surface area contributed by atoms with E-state index in [1.807, 2.05) is 36.4 Å². The molecule has 3 aromatic carbocycles. The average Bonchev–Trinajstić information content (AvgIpc) is 3.67. The number of rotatable bonds is 7. The monoisotopic (exact) mass is 530 g/mol. The molecule has 196 valence electrons. The Kier molecular flexibility index (Phi) is 6.16. The third-order valence-corrected chi connectivity index (χ3v) is 6.85. The first kappa shape index (κ1) is 24.7. The largest absolute Gasteiger partial charge is 0.478 e. The van der Waals surface area contributed by atoms with E-state index in [2.05, 4.69) is 15.6 Å². The van der Waals surface area contributed by atoms with E-state index in [1.54, 1.807) is 43.5 Å². The molecule has 0 saturated carbocycles. The summed E-state index contributed by atoms with van der Waals surface area (Å²) in [6.45, 7) is 1.80. The molecule has 40 heavy (non-hydrogen) atoms. The number of nitrogens with one attached hydrogen (secondary N) is 1. The van der Waals surface area contributed by atoms with Crippen molar-refractivity contribution in [2.24, 2.45) is 0 Å². The lowest BCUT2D eigenvalue weighted by atomic mass is 9.98. The number of hydrogen-bond acceptors (Lipinski definition) is 6. The highest BCUT2D eigenvalue weighted by molar-refractivity contribution is 6.17. The molecular formula is C31H22N4O5. The minimum absolute atomic E-state index is 0.153. The topological polar surface area (TPSA) is 127 Å².